The summed E-state index contributed by atoms with van der Waals surface area (Å²) < 4.78 is 45.2. The molecule has 13 heteroatoms. The molecular formula is C27H26ClF3N4O4S. The third-order valence-electron chi connectivity index (χ3n) is 6.75. The third-order valence-corrected chi connectivity index (χ3v) is 7.87. The van der Waals surface area contributed by atoms with E-state index in [-0.39, 0.29) is 28.0 Å². The van der Waals surface area contributed by atoms with Crippen LogP contribution in [-0.2, 0) is 27.0 Å². The highest BCUT2D eigenvalue weighted by atomic mass is 35.5. The van der Waals surface area contributed by atoms with Crippen molar-refractivity contribution in [3.8, 4) is 0 Å². The maximum atomic E-state index is 13.4. The van der Waals surface area contributed by atoms with Gasteiger partial charge in [-0.25, -0.2) is 4.79 Å². The zero-order valence-corrected chi connectivity index (χ0v) is 22.9. The first-order valence-electron chi connectivity index (χ1n) is 12.3. The number of benzene rings is 2. The molecule has 1 unspecified atom stereocenters. The molecule has 40 heavy (non-hydrogen) atoms. The largest absolute Gasteiger partial charge is 0.467 e. The molecule has 0 radical (unpaired) electrons. The molecule has 0 aromatic heterocycles. The molecule has 0 bridgehead atoms. The second-order valence-corrected chi connectivity index (χ2v) is 10.7. The number of alkyl halides is 3. The van der Waals surface area contributed by atoms with Crippen molar-refractivity contribution in [3.05, 3.63) is 68.6 Å². The van der Waals surface area contributed by atoms with Crippen molar-refractivity contribution in [1.29, 1.82) is 5.41 Å². The summed E-state index contributed by atoms with van der Waals surface area (Å²) in [6, 6.07) is 7.26. The number of hydrogen-bond acceptors (Lipinski definition) is 8. The fourth-order valence-electron chi connectivity index (χ4n) is 4.77. The van der Waals surface area contributed by atoms with E-state index in [0.29, 0.717) is 54.5 Å². The number of nitrogens with zero attached hydrogens (tertiary/aromatic N) is 1. The van der Waals surface area contributed by atoms with E-state index in [2.05, 4.69) is 10.6 Å². The van der Waals surface area contributed by atoms with Crippen molar-refractivity contribution < 1.29 is 32.3 Å². The Hall–Kier alpha value is -3.35. The molecule has 0 aliphatic carbocycles. The third kappa shape index (κ3) is 6.51. The molecule has 0 spiro atoms. The van der Waals surface area contributed by atoms with Crippen molar-refractivity contribution in [1.82, 2.24) is 10.2 Å². The van der Waals surface area contributed by atoms with E-state index in [4.69, 9.17) is 21.7 Å². The molecule has 0 saturated carbocycles. The maximum absolute atomic E-state index is 13.4. The predicted octanol–water partition coefficient (Wildman–Crippen LogP) is 5.55. The molecule has 2 aliphatic heterocycles. The van der Waals surface area contributed by atoms with Crippen molar-refractivity contribution >= 4 is 58.5 Å². The van der Waals surface area contributed by atoms with E-state index in [1.54, 1.807) is 18.2 Å². The van der Waals surface area contributed by atoms with E-state index in [0.717, 1.165) is 17.2 Å². The Labute approximate surface area is 237 Å². The van der Waals surface area contributed by atoms with Crippen LogP contribution in [0.25, 0.3) is 6.08 Å². The number of halogens is 4. The summed E-state index contributed by atoms with van der Waals surface area (Å²) in [4.78, 5) is 39.8. The first-order valence-corrected chi connectivity index (χ1v) is 13.5. The smallest absolute Gasteiger partial charge is 0.416 e. The zero-order valence-electron chi connectivity index (χ0n) is 21.3. The molecular weight excluding hydrogens is 569 g/mol. The first kappa shape index (κ1) is 29.6. The monoisotopic (exact) mass is 594 g/mol. The van der Waals surface area contributed by atoms with Crippen LogP contribution in [-0.4, -0.2) is 54.5 Å². The van der Waals surface area contributed by atoms with Crippen molar-refractivity contribution in [3.63, 3.8) is 0 Å². The van der Waals surface area contributed by atoms with E-state index < -0.39 is 34.9 Å². The number of piperidine rings is 1. The van der Waals surface area contributed by atoms with Crippen LogP contribution in [0.1, 0.15) is 35.1 Å². The van der Waals surface area contributed by atoms with Gasteiger partial charge < -0.3 is 20.8 Å². The lowest BCUT2D eigenvalue weighted by Crippen LogP contribution is -2.51. The molecule has 2 fully saturated rings. The average Bonchev–Trinajstić information content (AvgIpc) is 3.20. The van der Waals surface area contributed by atoms with Gasteiger partial charge in [-0.3, -0.25) is 14.5 Å². The number of amides is 2. The minimum absolute atomic E-state index is 0.0144. The fraction of sp³-hybridized carbons (Fsp3) is 0.333. The Kier molecular flexibility index (Phi) is 9.22. The predicted molar refractivity (Wildman–Crippen MR) is 147 cm³/mol. The molecule has 1 atom stereocenters. The van der Waals surface area contributed by atoms with Gasteiger partial charge in [0.05, 0.1) is 17.6 Å². The van der Waals surface area contributed by atoms with Crippen LogP contribution < -0.4 is 10.6 Å². The van der Waals surface area contributed by atoms with Gasteiger partial charge in [0.15, 0.2) is 0 Å². The lowest BCUT2D eigenvalue weighted by molar-refractivity contribution is -0.151. The Morgan fingerprint density at radius 2 is 1.98 bits per heavy atom. The van der Waals surface area contributed by atoms with Gasteiger partial charge >= 0.3 is 12.1 Å². The summed E-state index contributed by atoms with van der Waals surface area (Å²) >= 11 is 6.46. The molecule has 212 valence electrons. The number of carbonyl (C=O) groups is 3. The van der Waals surface area contributed by atoms with E-state index in [9.17, 15) is 27.6 Å². The van der Waals surface area contributed by atoms with Gasteiger partial charge in [-0.15, -0.1) is 0 Å². The molecule has 8 nitrogen and oxygen atoms in total. The van der Waals surface area contributed by atoms with Crippen LogP contribution in [0.3, 0.4) is 0 Å². The van der Waals surface area contributed by atoms with Crippen LogP contribution >= 0.6 is 23.4 Å². The van der Waals surface area contributed by atoms with E-state index in [1.165, 1.54) is 25.3 Å². The van der Waals surface area contributed by atoms with Gasteiger partial charge in [0, 0.05) is 29.0 Å². The maximum Gasteiger partial charge on any atom is 0.416 e. The second-order valence-electron chi connectivity index (χ2n) is 9.25. The number of methoxy groups -OCH3 is 1. The summed E-state index contributed by atoms with van der Waals surface area (Å²) in [7, 11) is 1.22. The van der Waals surface area contributed by atoms with Gasteiger partial charge in [0.1, 0.15) is 6.04 Å². The van der Waals surface area contributed by atoms with Crippen molar-refractivity contribution in [2.24, 2.45) is 5.92 Å². The molecule has 2 amide bonds. The van der Waals surface area contributed by atoms with Crippen LogP contribution in [0.15, 0.2) is 41.3 Å². The number of carbonyl (C=O) groups excluding carboxylic acids is 3. The Balaban J connectivity index is 1.55. The summed E-state index contributed by atoms with van der Waals surface area (Å²) in [6.07, 6.45) is -0.849. The number of hydrogen-bond donors (Lipinski definition) is 3. The summed E-state index contributed by atoms with van der Waals surface area (Å²) in [5, 5.41) is 13.3. The number of imide groups is 1. The van der Waals surface area contributed by atoms with Crippen molar-refractivity contribution in [2.75, 3.05) is 25.5 Å². The van der Waals surface area contributed by atoms with Gasteiger partial charge in [-0.1, -0.05) is 23.7 Å². The number of thioether (sulfide) groups is 1. The Bertz CT molecular complexity index is 1360. The highest BCUT2D eigenvalue weighted by molar-refractivity contribution is 8.18. The Morgan fingerprint density at radius 3 is 2.62 bits per heavy atom. The summed E-state index contributed by atoms with van der Waals surface area (Å²) in [5.74, 6) is -1.48. The molecule has 4 rings (SSSR count). The molecule has 3 N–H and O–H groups in total. The van der Waals surface area contributed by atoms with Gasteiger partial charge in [-0.2, -0.15) is 13.2 Å². The molecule has 2 heterocycles. The second kappa shape index (κ2) is 12.4. The van der Waals surface area contributed by atoms with Crippen LogP contribution in [0, 0.1) is 11.3 Å². The lowest BCUT2D eigenvalue weighted by atomic mass is 9.89. The highest BCUT2D eigenvalue weighted by Crippen LogP contribution is 2.38. The van der Waals surface area contributed by atoms with Gasteiger partial charge in [0.2, 0.25) is 0 Å². The Morgan fingerprint density at radius 1 is 1.25 bits per heavy atom. The number of ether oxygens (including phenoxy) is 1. The number of rotatable bonds is 8. The fourth-order valence-corrected chi connectivity index (χ4v) is 5.80. The van der Waals surface area contributed by atoms with E-state index >= 15 is 0 Å². The highest BCUT2D eigenvalue weighted by Gasteiger charge is 2.46. The SMILES string of the molecule is COC(=O)C(C1CCNCC1)N1C(=O)S/C(=C\c2ccc(NCc3ccc(Cl)cc3C(F)(F)F)c(C=N)c2)C1=O. The molecule has 2 aliphatic rings. The standard InChI is InChI=1S/C27H26ClF3N4O4S/c1-39-25(37)23(16-6-8-33-9-7-16)35-24(36)22(40-26(35)38)11-15-2-5-21(18(10-15)13-32)34-14-17-3-4-19(28)12-20(17)27(29,30)31/h2-5,10-13,16,23,32-34H,6-9,14H2,1H3/b22-11-,32-13?. The normalized spacial score (nSPS) is 18.2. The number of esters is 1. The minimum Gasteiger partial charge on any atom is -0.467 e. The molecule has 2 aromatic carbocycles. The molecule has 2 saturated heterocycles. The first-order chi connectivity index (χ1) is 19.0. The van der Waals surface area contributed by atoms with E-state index in [1.807, 2.05) is 0 Å². The zero-order chi connectivity index (χ0) is 29.0. The molecule has 2 aromatic rings. The average molecular weight is 595 g/mol. The van der Waals surface area contributed by atoms with Crippen LogP contribution in [0.5, 0.6) is 0 Å². The quantitative estimate of drug-likeness (QED) is 0.209. The summed E-state index contributed by atoms with van der Waals surface area (Å²) in [6.45, 7) is 1.15. The lowest BCUT2D eigenvalue weighted by Gasteiger charge is -2.33. The number of nitrogens with one attached hydrogen (secondary N) is 3. The van der Waals surface area contributed by atoms with Gasteiger partial charge in [-0.05, 0) is 85.1 Å². The van der Waals surface area contributed by atoms with Crippen LogP contribution in [0.4, 0.5) is 23.7 Å². The van der Waals surface area contributed by atoms with Crippen LogP contribution in [0.2, 0.25) is 5.02 Å². The summed E-state index contributed by atoms with van der Waals surface area (Å²) in [5.41, 5.74) is 0.386. The van der Waals surface area contributed by atoms with Crippen molar-refractivity contribution in [2.45, 2.75) is 31.6 Å². The topological polar surface area (TPSA) is 112 Å². The van der Waals surface area contributed by atoms with Gasteiger partial charge in [0.25, 0.3) is 11.1 Å². The minimum atomic E-state index is -4.58. The number of anilines is 1.